The molecule has 1 aromatic carbocycles. The van der Waals surface area contributed by atoms with Crippen molar-refractivity contribution in [1.82, 2.24) is 0 Å². The van der Waals surface area contributed by atoms with Gasteiger partial charge in [0, 0.05) is 6.07 Å². The van der Waals surface area contributed by atoms with Crippen molar-refractivity contribution < 1.29 is 14.6 Å². The number of benzene rings is 1. The molecule has 0 saturated carbocycles. The van der Waals surface area contributed by atoms with Gasteiger partial charge in [-0.15, -0.1) is 0 Å². The number of aromatic hydroxyl groups is 1. The summed E-state index contributed by atoms with van der Waals surface area (Å²) in [5, 5.41) is 9.52. The molecule has 0 amide bonds. The minimum absolute atomic E-state index is 0.0672. The van der Waals surface area contributed by atoms with Crippen molar-refractivity contribution in [1.29, 1.82) is 0 Å². The Morgan fingerprint density at radius 2 is 2.29 bits per heavy atom. The van der Waals surface area contributed by atoms with Crippen molar-refractivity contribution in [3.05, 3.63) is 35.4 Å². The van der Waals surface area contributed by atoms with Gasteiger partial charge in [0.05, 0.1) is 10.6 Å². The predicted molar refractivity (Wildman–Crippen MR) is 54.2 cm³/mol. The van der Waals surface area contributed by atoms with E-state index in [0.717, 1.165) is 0 Å². The summed E-state index contributed by atoms with van der Waals surface area (Å²) < 4.78 is 5.14. The molecule has 0 aliphatic rings. The average molecular weight is 213 g/mol. The third-order valence-electron chi connectivity index (χ3n) is 1.57. The third-order valence-corrected chi connectivity index (χ3v) is 1.88. The normalized spacial score (nSPS) is 9.50. The van der Waals surface area contributed by atoms with Gasteiger partial charge in [-0.1, -0.05) is 24.3 Å². The number of carbonyl (C=O) groups is 1. The smallest absolute Gasteiger partial charge is 0.155 e. The lowest BCUT2D eigenvalue weighted by Gasteiger charge is -2.06. The summed E-state index contributed by atoms with van der Waals surface area (Å²) in [6.07, 6.45) is 2.06. The van der Waals surface area contributed by atoms with Gasteiger partial charge in [-0.2, -0.15) is 0 Å². The molecule has 0 radical (unpaired) electrons. The SMILES string of the molecule is C=CCOc1cc(O)c(C=O)c(Cl)c1. The number of halogens is 1. The molecule has 0 bridgehead atoms. The van der Waals surface area contributed by atoms with E-state index in [1.807, 2.05) is 0 Å². The fourth-order valence-electron chi connectivity index (χ4n) is 0.934. The molecule has 0 aromatic heterocycles. The third kappa shape index (κ3) is 2.26. The number of rotatable bonds is 4. The highest BCUT2D eigenvalue weighted by atomic mass is 35.5. The molecule has 14 heavy (non-hydrogen) atoms. The highest BCUT2D eigenvalue weighted by Gasteiger charge is 2.08. The topological polar surface area (TPSA) is 46.5 Å². The molecule has 0 saturated heterocycles. The molecule has 0 fully saturated rings. The lowest BCUT2D eigenvalue weighted by Crippen LogP contribution is -1.94. The highest BCUT2D eigenvalue weighted by Crippen LogP contribution is 2.29. The molecule has 1 N–H and O–H groups in total. The van der Waals surface area contributed by atoms with Crippen LogP contribution in [0.15, 0.2) is 24.8 Å². The molecule has 1 aromatic rings. The minimum atomic E-state index is -0.188. The highest BCUT2D eigenvalue weighted by molar-refractivity contribution is 6.33. The summed E-state index contributed by atoms with van der Waals surface area (Å²) in [6.45, 7) is 3.79. The van der Waals surface area contributed by atoms with Crippen LogP contribution in [0.3, 0.4) is 0 Å². The number of ether oxygens (including phenoxy) is 1. The van der Waals surface area contributed by atoms with Crippen molar-refractivity contribution in [3.63, 3.8) is 0 Å². The number of hydrogen-bond donors (Lipinski definition) is 1. The van der Waals surface area contributed by atoms with Crippen LogP contribution in [-0.4, -0.2) is 18.0 Å². The van der Waals surface area contributed by atoms with Crippen LogP contribution in [0.5, 0.6) is 11.5 Å². The van der Waals surface area contributed by atoms with E-state index in [0.29, 0.717) is 18.6 Å². The molecule has 3 nitrogen and oxygen atoms in total. The van der Waals surface area contributed by atoms with Crippen molar-refractivity contribution in [2.24, 2.45) is 0 Å². The van der Waals surface area contributed by atoms with E-state index in [-0.39, 0.29) is 16.3 Å². The van der Waals surface area contributed by atoms with Gasteiger partial charge in [-0.3, -0.25) is 4.79 Å². The molecule has 0 atom stereocenters. The molecule has 74 valence electrons. The van der Waals surface area contributed by atoms with E-state index in [1.54, 1.807) is 6.08 Å². The van der Waals surface area contributed by atoms with Crippen LogP contribution in [0.2, 0.25) is 5.02 Å². The second kappa shape index (κ2) is 4.67. The van der Waals surface area contributed by atoms with Gasteiger partial charge in [0.15, 0.2) is 6.29 Å². The Morgan fingerprint density at radius 1 is 1.57 bits per heavy atom. The molecule has 4 heteroatoms. The Morgan fingerprint density at radius 3 is 2.79 bits per heavy atom. The van der Waals surface area contributed by atoms with Crippen LogP contribution < -0.4 is 4.74 Å². The molecule has 0 unspecified atom stereocenters. The number of hydrogen-bond acceptors (Lipinski definition) is 3. The van der Waals surface area contributed by atoms with Crippen LogP contribution in [0, 0.1) is 0 Å². The quantitative estimate of drug-likeness (QED) is 0.616. The summed E-state index contributed by atoms with van der Waals surface area (Å²) >= 11 is 5.72. The van der Waals surface area contributed by atoms with E-state index in [1.165, 1.54) is 12.1 Å². The van der Waals surface area contributed by atoms with Gasteiger partial charge in [0.1, 0.15) is 18.1 Å². The van der Waals surface area contributed by atoms with Crippen molar-refractivity contribution in [2.75, 3.05) is 6.61 Å². The van der Waals surface area contributed by atoms with Crippen LogP contribution in [0.25, 0.3) is 0 Å². The van der Waals surface area contributed by atoms with E-state index >= 15 is 0 Å². The predicted octanol–water partition coefficient (Wildman–Crippen LogP) is 2.42. The zero-order chi connectivity index (χ0) is 10.6. The average Bonchev–Trinajstić information content (AvgIpc) is 2.14. The van der Waals surface area contributed by atoms with Gasteiger partial charge in [-0.25, -0.2) is 0 Å². The molecular weight excluding hydrogens is 204 g/mol. The molecule has 1 rings (SSSR count). The first-order chi connectivity index (χ1) is 6.69. The Kier molecular flexibility index (Phi) is 3.54. The van der Waals surface area contributed by atoms with Crippen molar-refractivity contribution >= 4 is 17.9 Å². The van der Waals surface area contributed by atoms with Crippen molar-refractivity contribution in [3.8, 4) is 11.5 Å². The van der Waals surface area contributed by atoms with E-state index < -0.39 is 0 Å². The lowest BCUT2D eigenvalue weighted by atomic mass is 10.2. The second-order valence-electron chi connectivity index (χ2n) is 2.56. The maximum Gasteiger partial charge on any atom is 0.155 e. The van der Waals surface area contributed by atoms with Gasteiger partial charge in [0.25, 0.3) is 0 Å². The van der Waals surface area contributed by atoms with Gasteiger partial charge < -0.3 is 9.84 Å². The van der Waals surface area contributed by atoms with Gasteiger partial charge in [-0.05, 0) is 6.07 Å². The second-order valence-corrected chi connectivity index (χ2v) is 2.96. The van der Waals surface area contributed by atoms with Crippen LogP contribution in [0.4, 0.5) is 0 Å². The Labute approximate surface area is 86.6 Å². The molecular formula is C10H9ClO3. The monoisotopic (exact) mass is 212 g/mol. The van der Waals surface area contributed by atoms with Gasteiger partial charge in [0.2, 0.25) is 0 Å². The summed E-state index contributed by atoms with van der Waals surface area (Å²) in [5.41, 5.74) is 0.0672. The summed E-state index contributed by atoms with van der Waals surface area (Å²) in [4.78, 5) is 10.5. The largest absolute Gasteiger partial charge is 0.507 e. The minimum Gasteiger partial charge on any atom is -0.507 e. The zero-order valence-electron chi connectivity index (χ0n) is 7.37. The first-order valence-electron chi connectivity index (χ1n) is 3.90. The van der Waals surface area contributed by atoms with Gasteiger partial charge >= 0.3 is 0 Å². The van der Waals surface area contributed by atoms with Crippen LogP contribution in [-0.2, 0) is 0 Å². The number of carbonyl (C=O) groups excluding carboxylic acids is 1. The summed E-state index contributed by atoms with van der Waals surface area (Å²) in [5.74, 6) is 0.213. The summed E-state index contributed by atoms with van der Waals surface area (Å²) in [7, 11) is 0. The Bertz CT molecular complexity index is 337. The number of phenols is 1. The van der Waals surface area contributed by atoms with E-state index in [4.69, 9.17) is 16.3 Å². The Hall–Kier alpha value is -1.48. The van der Waals surface area contributed by atoms with Crippen molar-refractivity contribution in [2.45, 2.75) is 0 Å². The maximum atomic E-state index is 10.5. The van der Waals surface area contributed by atoms with Crippen LogP contribution in [0.1, 0.15) is 10.4 Å². The van der Waals surface area contributed by atoms with E-state index in [2.05, 4.69) is 6.58 Å². The fourth-order valence-corrected chi connectivity index (χ4v) is 1.18. The zero-order valence-corrected chi connectivity index (χ0v) is 8.12. The fraction of sp³-hybridized carbons (Fsp3) is 0.100. The first-order valence-corrected chi connectivity index (χ1v) is 4.28. The number of phenolic OH excluding ortho intramolecular Hbond substituents is 1. The maximum absolute atomic E-state index is 10.5. The first kappa shape index (κ1) is 10.6. The Balaban J connectivity index is 3.01. The lowest BCUT2D eigenvalue weighted by molar-refractivity contribution is 0.112. The summed E-state index contributed by atoms with van der Waals surface area (Å²) in [6, 6.07) is 2.80. The standard InChI is InChI=1S/C10H9ClO3/c1-2-3-14-7-4-9(11)8(6-12)10(13)5-7/h2,4-6,13H,1,3H2. The molecule has 0 aliphatic carbocycles. The van der Waals surface area contributed by atoms with E-state index in [9.17, 15) is 9.90 Å². The molecule has 0 heterocycles. The number of aldehydes is 1. The van der Waals surface area contributed by atoms with Crippen LogP contribution >= 0.6 is 11.6 Å². The molecule has 0 aliphatic heterocycles. The molecule has 0 spiro atoms.